The van der Waals surface area contributed by atoms with Crippen LogP contribution in [0.25, 0.3) is 11.0 Å². The molecule has 0 atom stereocenters. The minimum absolute atomic E-state index is 0.244. The minimum atomic E-state index is -0.244. The largest absolute Gasteiger partial charge is 0.477 e. The third kappa shape index (κ3) is 5.82. The van der Waals surface area contributed by atoms with E-state index in [4.69, 9.17) is 9.47 Å². The van der Waals surface area contributed by atoms with E-state index >= 15 is 0 Å². The van der Waals surface area contributed by atoms with Crippen molar-refractivity contribution in [1.29, 1.82) is 0 Å². The van der Waals surface area contributed by atoms with Crippen molar-refractivity contribution in [1.82, 2.24) is 30.0 Å². The van der Waals surface area contributed by atoms with Crippen LogP contribution >= 0.6 is 11.8 Å². The number of carbonyl (C=O) groups is 1. The first-order chi connectivity index (χ1) is 15.2. The molecule has 0 saturated heterocycles. The molecule has 166 valence electrons. The number of methoxy groups -OCH3 is 1. The lowest BCUT2D eigenvalue weighted by molar-refractivity contribution is 0.0947. The van der Waals surface area contributed by atoms with E-state index < -0.39 is 0 Å². The second kappa shape index (κ2) is 11.5. The van der Waals surface area contributed by atoms with Crippen LogP contribution in [0.3, 0.4) is 0 Å². The Hall–Kier alpha value is -2.92. The molecule has 3 rings (SSSR count). The third-order valence-corrected chi connectivity index (χ3v) is 4.98. The molecule has 0 bridgehead atoms. The zero-order chi connectivity index (χ0) is 22.1. The van der Waals surface area contributed by atoms with E-state index in [0.29, 0.717) is 49.4 Å². The average Bonchev–Trinajstić information content (AvgIpc) is 3.18. The van der Waals surface area contributed by atoms with Gasteiger partial charge in [0.25, 0.3) is 5.91 Å². The maximum atomic E-state index is 12.6. The highest BCUT2D eigenvalue weighted by molar-refractivity contribution is 7.99. The Kier molecular flexibility index (Phi) is 8.42. The zero-order valence-corrected chi connectivity index (χ0v) is 18.7. The van der Waals surface area contributed by atoms with Gasteiger partial charge in [-0.2, -0.15) is 5.10 Å². The molecule has 2 N–H and O–H groups in total. The fourth-order valence-electron chi connectivity index (χ4n) is 2.88. The maximum absolute atomic E-state index is 12.6. The molecule has 31 heavy (non-hydrogen) atoms. The number of hydrogen-bond donors (Lipinski definition) is 2. The quantitative estimate of drug-likeness (QED) is 0.246. The first-order valence-corrected chi connectivity index (χ1v) is 11.1. The van der Waals surface area contributed by atoms with Crippen LogP contribution in [-0.4, -0.2) is 69.8 Å². The van der Waals surface area contributed by atoms with Crippen molar-refractivity contribution in [2.24, 2.45) is 0 Å². The van der Waals surface area contributed by atoms with Gasteiger partial charge in [-0.1, -0.05) is 18.7 Å². The van der Waals surface area contributed by atoms with E-state index in [9.17, 15) is 4.79 Å². The summed E-state index contributed by atoms with van der Waals surface area (Å²) in [6, 6.07) is 3.40. The van der Waals surface area contributed by atoms with Crippen molar-refractivity contribution in [2.45, 2.75) is 25.5 Å². The van der Waals surface area contributed by atoms with Gasteiger partial charge in [0, 0.05) is 26.4 Å². The van der Waals surface area contributed by atoms with Crippen LogP contribution in [0.5, 0.6) is 5.88 Å². The van der Waals surface area contributed by atoms with Gasteiger partial charge in [-0.3, -0.25) is 4.79 Å². The fraction of sp³-hybridized carbons (Fsp3) is 0.450. The molecular formula is C20H27N7O3S. The lowest BCUT2D eigenvalue weighted by Crippen LogP contribution is -2.28. The number of nitrogens with zero attached hydrogens (tertiary/aromatic N) is 5. The summed E-state index contributed by atoms with van der Waals surface area (Å²) in [6.45, 7) is 6.39. The summed E-state index contributed by atoms with van der Waals surface area (Å²) in [5, 5.41) is 12.1. The van der Waals surface area contributed by atoms with Gasteiger partial charge in [0.05, 0.1) is 31.3 Å². The predicted molar refractivity (Wildman–Crippen MR) is 120 cm³/mol. The number of carbonyl (C=O) groups excluding carboxylic acids is 1. The number of nitrogens with one attached hydrogen (secondary N) is 2. The number of aromatic nitrogens is 5. The summed E-state index contributed by atoms with van der Waals surface area (Å²) in [5.74, 6) is 1.67. The van der Waals surface area contributed by atoms with Crippen molar-refractivity contribution in [3.8, 4) is 5.88 Å². The Balaban J connectivity index is 1.72. The van der Waals surface area contributed by atoms with Gasteiger partial charge < -0.3 is 20.1 Å². The van der Waals surface area contributed by atoms with Crippen molar-refractivity contribution >= 4 is 34.5 Å². The summed E-state index contributed by atoms with van der Waals surface area (Å²) in [5.41, 5.74) is 1.12. The second-order valence-corrected chi connectivity index (χ2v) is 7.59. The Morgan fingerprint density at radius 2 is 2.13 bits per heavy atom. The highest BCUT2D eigenvalue weighted by Crippen LogP contribution is 2.24. The summed E-state index contributed by atoms with van der Waals surface area (Å²) >= 11 is 1.56. The number of fused-ring (bicyclic) bond motifs is 1. The van der Waals surface area contributed by atoms with E-state index in [1.54, 1.807) is 48.1 Å². The number of thioether (sulfide) groups is 1. The Labute approximate surface area is 185 Å². The first kappa shape index (κ1) is 22.8. The first-order valence-electron chi connectivity index (χ1n) is 10.1. The van der Waals surface area contributed by atoms with Crippen LogP contribution in [0.4, 0.5) is 5.82 Å². The molecule has 1 amide bonds. The van der Waals surface area contributed by atoms with Gasteiger partial charge >= 0.3 is 0 Å². The van der Waals surface area contributed by atoms with Crippen LogP contribution < -0.4 is 15.4 Å². The molecule has 0 aliphatic rings. The number of amides is 1. The molecule has 0 saturated carbocycles. The van der Waals surface area contributed by atoms with Crippen molar-refractivity contribution in [3.05, 3.63) is 30.1 Å². The highest BCUT2D eigenvalue weighted by Gasteiger charge is 2.15. The SMILES string of the molecule is CCOc1ncccc1C(=O)NCCn1ncc2c(NCCOC)nc(SCC)nc21. The van der Waals surface area contributed by atoms with E-state index in [1.165, 1.54) is 0 Å². The van der Waals surface area contributed by atoms with Crippen LogP contribution in [0.15, 0.2) is 29.7 Å². The van der Waals surface area contributed by atoms with Crippen LogP contribution in [-0.2, 0) is 11.3 Å². The molecule has 0 unspecified atom stereocenters. The monoisotopic (exact) mass is 445 g/mol. The summed E-state index contributed by atoms with van der Waals surface area (Å²) in [7, 11) is 1.66. The molecule has 3 aromatic rings. The topological polar surface area (TPSA) is 116 Å². The summed E-state index contributed by atoms with van der Waals surface area (Å²) in [6.07, 6.45) is 3.34. The van der Waals surface area contributed by atoms with Crippen molar-refractivity contribution < 1.29 is 14.3 Å². The molecule has 0 aliphatic heterocycles. The van der Waals surface area contributed by atoms with E-state index in [0.717, 1.165) is 22.6 Å². The minimum Gasteiger partial charge on any atom is -0.477 e. The van der Waals surface area contributed by atoms with Gasteiger partial charge in [0.2, 0.25) is 5.88 Å². The predicted octanol–water partition coefficient (Wildman–Crippen LogP) is 2.22. The molecule has 10 nitrogen and oxygen atoms in total. The summed E-state index contributed by atoms with van der Waals surface area (Å²) in [4.78, 5) is 25.9. The standard InChI is InChI=1S/C20H27N7O3S/c1-4-30-19-14(7-6-8-23-19)18(28)22-9-11-27-17-15(13-24-27)16(21-10-12-29-3)25-20(26-17)31-5-2/h6-8,13H,4-5,9-12H2,1-3H3,(H,22,28)(H,21,25,26). The van der Waals surface area contributed by atoms with E-state index in [-0.39, 0.29) is 5.91 Å². The zero-order valence-electron chi connectivity index (χ0n) is 17.9. The number of anilines is 1. The van der Waals surface area contributed by atoms with Gasteiger partial charge in [0.15, 0.2) is 10.8 Å². The molecule has 3 heterocycles. The molecule has 0 fully saturated rings. The number of hydrogen-bond acceptors (Lipinski definition) is 9. The van der Waals surface area contributed by atoms with Crippen LogP contribution in [0.1, 0.15) is 24.2 Å². The molecule has 0 radical (unpaired) electrons. The van der Waals surface area contributed by atoms with Crippen molar-refractivity contribution in [3.63, 3.8) is 0 Å². The van der Waals surface area contributed by atoms with Gasteiger partial charge in [-0.05, 0) is 24.8 Å². The molecule has 0 aliphatic carbocycles. The molecule has 3 aromatic heterocycles. The number of rotatable bonds is 12. The van der Waals surface area contributed by atoms with Gasteiger partial charge in [0.1, 0.15) is 11.4 Å². The lowest BCUT2D eigenvalue weighted by Gasteiger charge is -2.10. The molecular weight excluding hydrogens is 418 g/mol. The highest BCUT2D eigenvalue weighted by atomic mass is 32.2. The smallest absolute Gasteiger partial charge is 0.256 e. The Morgan fingerprint density at radius 1 is 1.26 bits per heavy atom. The van der Waals surface area contributed by atoms with Crippen molar-refractivity contribution in [2.75, 3.05) is 44.5 Å². The van der Waals surface area contributed by atoms with Gasteiger partial charge in [-0.15, -0.1) is 0 Å². The third-order valence-electron chi connectivity index (χ3n) is 4.25. The lowest BCUT2D eigenvalue weighted by atomic mass is 10.2. The summed E-state index contributed by atoms with van der Waals surface area (Å²) < 4.78 is 12.3. The molecule has 0 aromatic carbocycles. The van der Waals surface area contributed by atoms with E-state index in [2.05, 4.69) is 37.6 Å². The number of ether oxygens (including phenoxy) is 2. The Bertz CT molecular complexity index is 1010. The van der Waals surface area contributed by atoms with Crippen LogP contribution in [0.2, 0.25) is 0 Å². The molecule has 11 heteroatoms. The normalized spacial score (nSPS) is 10.9. The van der Waals surface area contributed by atoms with Gasteiger partial charge in [-0.25, -0.2) is 19.6 Å². The maximum Gasteiger partial charge on any atom is 0.256 e. The van der Waals surface area contributed by atoms with E-state index in [1.807, 2.05) is 6.92 Å². The average molecular weight is 446 g/mol. The fourth-order valence-corrected chi connectivity index (χ4v) is 3.45. The van der Waals surface area contributed by atoms with Crippen LogP contribution in [0, 0.1) is 0 Å². The Morgan fingerprint density at radius 3 is 2.90 bits per heavy atom. The molecule has 0 spiro atoms. The second-order valence-electron chi connectivity index (χ2n) is 6.36. The number of pyridine rings is 1.